The third-order valence-corrected chi connectivity index (χ3v) is 7.28. The fourth-order valence-electron chi connectivity index (χ4n) is 5.42. The number of piperidine rings is 1. The Balaban J connectivity index is 1.59. The molecule has 0 saturated carbocycles. The Kier molecular flexibility index (Phi) is 6.38. The summed E-state index contributed by atoms with van der Waals surface area (Å²) in [7, 11) is 1.68. The fraction of sp³-hybridized carbons (Fsp3) is 0.429. The van der Waals surface area contributed by atoms with Gasteiger partial charge in [-0.1, -0.05) is 19.9 Å². The van der Waals surface area contributed by atoms with Gasteiger partial charge in [-0.2, -0.15) is 0 Å². The number of aryl methyl sites for hydroxylation is 1. The van der Waals surface area contributed by atoms with Gasteiger partial charge >= 0.3 is 0 Å². The maximum absolute atomic E-state index is 12.7. The number of fused-ring (bicyclic) bond motifs is 2. The number of H-pyrrole nitrogens is 1. The zero-order chi connectivity index (χ0) is 24.7. The van der Waals surface area contributed by atoms with Crippen LogP contribution in [-0.2, 0) is 0 Å². The lowest BCUT2D eigenvalue weighted by Crippen LogP contribution is -2.29. The summed E-state index contributed by atoms with van der Waals surface area (Å²) in [5.74, 6) is 0.774. The second kappa shape index (κ2) is 9.47. The predicted octanol–water partition coefficient (Wildman–Crippen LogP) is 4.45. The molecule has 1 saturated heterocycles. The maximum atomic E-state index is 12.7. The number of aromatic amines is 1. The maximum Gasteiger partial charge on any atom is 0.273 e. The normalized spacial score (nSPS) is 14.9. The highest BCUT2D eigenvalue weighted by Gasteiger charge is 2.22. The highest BCUT2D eigenvalue weighted by Crippen LogP contribution is 2.38. The first-order valence-electron chi connectivity index (χ1n) is 12.6. The molecule has 0 bridgehead atoms. The number of hydrogen-bond acceptors (Lipinski definition) is 4. The minimum absolute atomic E-state index is 0.0729. The molecule has 1 amide bonds. The molecule has 0 unspecified atom stereocenters. The molecule has 3 N–H and O–H groups in total. The number of pyridine rings is 1. The van der Waals surface area contributed by atoms with Crippen molar-refractivity contribution in [2.45, 2.75) is 45.4 Å². The van der Waals surface area contributed by atoms with Gasteiger partial charge in [-0.3, -0.25) is 4.79 Å². The molecule has 4 heterocycles. The van der Waals surface area contributed by atoms with E-state index in [1.165, 1.54) is 34.3 Å². The first-order chi connectivity index (χ1) is 16.9. The topological polar surface area (TPSA) is 85.7 Å². The molecule has 35 heavy (non-hydrogen) atoms. The van der Waals surface area contributed by atoms with Crippen molar-refractivity contribution in [2.24, 2.45) is 0 Å². The van der Waals surface area contributed by atoms with Gasteiger partial charge in [0.15, 0.2) is 0 Å². The quantitative estimate of drug-likeness (QED) is 0.386. The van der Waals surface area contributed by atoms with Gasteiger partial charge in [0.25, 0.3) is 5.91 Å². The summed E-state index contributed by atoms with van der Waals surface area (Å²) >= 11 is 0. The van der Waals surface area contributed by atoms with Crippen LogP contribution in [0, 0.1) is 6.92 Å². The predicted molar refractivity (Wildman–Crippen MR) is 140 cm³/mol. The molecule has 5 rings (SSSR count). The molecule has 0 aliphatic carbocycles. The van der Waals surface area contributed by atoms with Crippen LogP contribution in [0.15, 0.2) is 36.7 Å². The van der Waals surface area contributed by atoms with Crippen LogP contribution in [0.5, 0.6) is 0 Å². The van der Waals surface area contributed by atoms with E-state index in [2.05, 4.69) is 59.6 Å². The molecule has 184 valence electrons. The second-order valence-corrected chi connectivity index (χ2v) is 10.1. The van der Waals surface area contributed by atoms with E-state index in [1.54, 1.807) is 13.2 Å². The van der Waals surface area contributed by atoms with E-state index in [0.29, 0.717) is 17.5 Å². The Morgan fingerprint density at radius 1 is 1.23 bits per heavy atom. The molecule has 4 aromatic rings. The van der Waals surface area contributed by atoms with Crippen LogP contribution in [0.4, 0.5) is 0 Å². The Morgan fingerprint density at radius 3 is 2.71 bits per heavy atom. The van der Waals surface area contributed by atoms with Gasteiger partial charge < -0.3 is 24.7 Å². The molecule has 0 radical (unpaired) electrons. The number of aliphatic hydroxyl groups is 1. The lowest BCUT2D eigenvalue weighted by Gasteiger charge is -2.23. The van der Waals surface area contributed by atoms with Crippen molar-refractivity contribution < 1.29 is 9.90 Å². The minimum Gasteiger partial charge on any atom is -0.395 e. The number of carbonyl (C=O) groups is 1. The number of likely N-dealkylation sites (N-methyl/N-ethyl adjacent to an activating group) is 1. The number of amides is 1. The summed E-state index contributed by atoms with van der Waals surface area (Å²) in [6.07, 6.45) is 6.22. The molecule has 1 fully saturated rings. The summed E-state index contributed by atoms with van der Waals surface area (Å²) in [5, 5.41) is 13.9. The molecule has 7 heteroatoms. The molecule has 0 spiro atoms. The van der Waals surface area contributed by atoms with E-state index in [-0.39, 0.29) is 19.1 Å². The Hall–Kier alpha value is -3.16. The molecule has 1 aromatic carbocycles. The van der Waals surface area contributed by atoms with Crippen LogP contribution < -0.4 is 5.32 Å². The Labute approximate surface area is 206 Å². The summed E-state index contributed by atoms with van der Waals surface area (Å²) in [6, 6.07) is 9.07. The summed E-state index contributed by atoms with van der Waals surface area (Å²) in [6.45, 7) is 8.91. The number of rotatable bonds is 6. The highest BCUT2D eigenvalue weighted by atomic mass is 16.3. The lowest BCUT2D eigenvalue weighted by atomic mass is 9.88. The number of aromatic nitrogens is 3. The van der Waals surface area contributed by atoms with E-state index >= 15 is 0 Å². The highest BCUT2D eigenvalue weighted by molar-refractivity contribution is 5.94. The molecule has 1 aliphatic rings. The first-order valence-corrected chi connectivity index (χ1v) is 12.6. The van der Waals surface area contributed by atoms with Crippen LogP contribution >= 0.6 is 0 Å². The first kappa shape index (κ1) is 23.6. The van der Waals surface area contributed by atoms with Crippen LogP contribution in [0.2, 0.25) is 0 Å². The fourth-order valence-corrected chi connectivity index (χ4v) is 5.42. The zero-order valence-electron chi connectivity index (χ0n) is 21.1. The van der Waals surface area contributed by atoms with E-state index in [0.717, 1.165) is 41.1 Å². The molecular formula is C28H35N5O2. The number of carbonyl (C=O) groups excluding carboxylic acids is 1. The number of hydrogen-bond donors (Lipinski definition) is 3. The summed E-state index contributed by atoms with van der Waals surface area (Å²) in [5.41, 5.74) is 8.29. The van der Waals surface area contributed by atoms with E-state index in [9.17, 15) is 9.90 Å². The van der Waals surface area contributed by atoms with Crippen molar-refractivity contribution >= 4 is 22.5 Å². The van der Waals surface area contributed by atoms with Crippen LogP contribution in [0.1, 0.15) is 65.7 Å². The van der Waals surface area contributed by atoms with E-state index < -0.39 is 0 Å². The van der Waals surface area contributed by atoms with E-state index in [1.807, 2.05) is 11.3 Å². The second-order valence-electron chi connectivity index (χ2n) is 10.1. The molecule has 3 aromatic heterocycles. The van der Waals surface area contributed by atoms with Crippen LogP contribution in [0.25, 0.3) is 27.8 Å². The molecule has 0 atom stereocenters. The number of nitrogens with one attached hydrogen (secondary N) is 2. The molecule has 1 aliphatic heterocycles. The van der Waals surface area contributed by atoms with Gasteiger partial charge in [-0.15, -0.1) is 0 Å². The van der Waals surface area contributed by atoms with Crippen molar-refractivity contribution in [2.75, 3.05) is 33.3 Å². The lowest BCUT2D eigenvalue weighted by molar-refractivity contribution is 0.0762. The van der Waals surface area contributed by atoms with Gasteiger partial charge in [0.2, 0.25) is 0 Å². The molecule has 7 nitrogen and oxygen atoms in total. The van der Waals surface area contributed by atoms with Gasteiger partial charge in [-0.05, 0) is 79.6 Å². The van der Waals surface area contributed by atoms with Gasteiger partial charge in [-0.25, -0.2) is 4.98 Å². The largest absolute Gasteiger partial charge is 0.395 e. The Bertz CT molecular complexity index is 1380. The van der Waals surface area contributed by atoms with Crippen molar-refractivity contribution in [3.63, 3.8) is 0 Å². The summed E-state index contributed by atoms with van der Waals surface area (Å²) < 4.78 is 1.95. The average molecular weight is 474 g/mol. The van der Waals surface area contributed by atoms with Crippen molar-refractivity contribution in [3.8, 4) is 11.3 Å². The van der Waals surface area contributed by atoms with Crippen LogP contribution in [0.3, 0.4) is 0 Å². The van der Waals surface area contributed by atoms with E-state index in [4.69, 9.17) is 0 Å². The average Bonchev–Trinajstić information content (AvgIpc) is 3.46. The minimum atomic E-state index is -0.192. The number of nitrogens with zero attached hydrogens (tertiary/aromatic N) is 3. The zero-order valence-corrected chi connectivity index (χ0v) is 21.1. The third kappa shape index (κ3) is 4.34. The van der Waals surface area contributed by atoms with Crippen LogP contribution in [-0.4, -0.2) is 63.6 Å². The standard InChI is InChI=1S/C28H35N5O2/c1-17(2)25-22-14-20(19-7-9-29-10-8-19)5-6-23(22)30-26(25)21-13-18(3)27-31-24(16-33(27)15-21)28(35)32(4)11-12-34/h5-6,13-17,19,29-30,34H,7-12H2,1-4H3. The van der Waals surface area contributed by atoms with Crippen molar-refractivity contribution in [3.05, 3.63) is 59.0 Å². The summed E-state index contributed by atoms with van der Waals surface area (Å²) in [4.78, 5) is 22.5. The monoisotopic (exact) mass is 473 g/mol. The van der Waals surface area contributed by atoms with Gasteiger partial charge in [0.1, 0.15) is 11.3 Å². The molecular weight excluding hydrogens is 438 g/mol. The third-order valence-electron chi connectivity index (χ3n) is 7.28. The number of benzene rings is 1. The van der Waals surface area contributed by atoms with Gasteiger partial charge in [0.05, 0.1) is 12.3 Å². The smallest absolute Gasteiger partial charge is 0.273 e. The van der Waals surface area contributed by atoms with Crippen molar-refractivity contribution in [1.82, 2.24) is 24.6 Å². The SMILES string of the molecule is Cc1cc(-c2[nH]c3ccc(C4CCNCC4)cc3c2C(C)C)cn2cc(C(=O)N(C)CCO)nc12. The number of aliphatic hydroxyl groups excluding tert-OH is 1. The van der Waals surface area contributed by atoms with Crippen molar-refractivity contribution in [1.29, 1.82) is 0 Å². The number of imidazole rings is 1. The van der Waals surface area contributed by atoms with Gasteiger partial charge in [0, 0.05) is 42.5 Å². The Morgan fingerprint density at radius 2 is 2.00 bits per heavy atom.